The van der Waals surface area contributed by atoms with E-state index in [0.717, 1.165) is 112 Å². The molecule has 6 heteroatoms. The molecule has 11 aromatic rings. The van der Waals surface area contributed by atoms with E-state index < -0.39 is 0 Å². The summed E-state index contributed by atoms with van der Waals surface area (Å²) < 4.78 is 11.1. The first-order valence-corrected chi connectivity index (χ1v) is 20.1. The quantitative estimate of drug-likeness (QED) is 0.175. The number of benzene rings is 5. The lowest BCUT2D eigenvalue weighted by Crippen LogP contribution is -1.96. The predicted molar refractivity (Wildman–Crippen MR) is 242 cm³/mol. The molecule has 0 bridgehead atoms. The summed E-state index contributed by atoms with van der Waals surface area (Å²) in [7, 11) is 0. The Labute approximate surface area is 339 Å². The second kappa shape index (κ2) is 13.4. The van der Waals surface area contributed by atoms with Crippen LogP contribution in [-0.4, -0.2) is 24.1 Å². The van der Waals surface area contributed by atoms with Gasteiger partial charge < -0.3 is 13.6 Å². The Morgan fingerprint density at radius 2 is 1.08 bits per heavy atom. The van der Waals surface area contributed by atoms with Gasteiger partial charge in [-0.05, 0) is 144 Å². The van der Waals surface area contributed by atoms with E-state index >= 15 is 0 Å². The monoisotopic (exact) mass is 757 g/mol. The van der Waals surface area contributed by atoms with Gasteiger partial charge in [0.1, 0.15) is 11.2 Å². The first-order chi connectivity index (χ1) is 29.3. The molecule has 1 aliphatic carbocycles. The number of furan rings is 1. The number of hydrogen-bond acceptors (Lipinski definition) is 4. The van der Waals surface area contributed by atoms with Crippen molar-refractivity contribution < 1.29 is 4.42 Å². The van der Waals surface area contributed by atoms with Crippen molar-refractivity contribution in [2.75, 3.05) is 0 Å². The van der Waals surface area contributed by atoms with Gasteiger partial charge in [-0.25, -0.2) is 0 Å². The van der Waals surface area contributed by atoms with E-state index in [1.807, 2.05) is 36.8 Å². The van der Waals surface area contributed by atoms with Crippen molar-refractivity contribution in [2.24, 2.45) is 0 Å². The van der Waals surface area contributed by atoms with Crippen LogP contribution in [-0.2, 0) is 0 Å². The minimum absolute atomic E-state index is 0.853. The van der Waals surface area contributed by atoms with Crippen LogP contribution in [0.2, 0.25) is 0 Å². The van der Waals surface area contributed by atoms with Crippen LogP contribution in [0.4, 0.5) is 0 Å². The molecule has 6 nitrogen and oxygen atoms in total. The van der Waals surface area contributed by atoms with Crippen molar-refractivity contribution in [3.8, 4) is 22.5 Å². The van der Waals surface area contributed by atoms with Gasteiger partial charge in [-0.1, -0.05) is 66.8 Å². The van der Waals surface area contributed by atoms with Crippen molar-refractivity contribution in [1.29, 1.82) is 0 Å². The van der Waals surface area contributed by atoms with E-state index in [4.69, 9.17) is 19.4 Å². The largest absolute Gasteiger partial charge is 0.456 e. The van der Waals surface area contributed by atoms with E-state index in [-0.39, 0.29) is 0 Å². The molecule has 0 amide bonds. The zero-order valence-electron chi connectivity index (χ0n) is 32.0. The van der Waals surface area contributed by atoms with Crippen LogP contribution >= 0.6 is 0 Å². The summed E-state index contributed by atoms with van der Waals surface area (Å²) in [6, 6.07) is 51.5. The highest BCUT2D eigenvalue weighted by Gasteiger charge is 2.19. The van der Waals surface area contributed by atoms with Gasteiger partial charge >= 0.3 is 0 Å². The van der Waals surface area contributed by atoms with Crippen LogP contribution in [0.5, 0.6) is 0 Å². The Balaban J connectivity index is 0.997. The number of aromatic nitrogens is 5. The molecular weight excluding hydrogens is 723 g/mol. The summed E-state index contributed by atoms with van der Waals surface area (Å²) in [4.78, 5) is 14.6. The van der Waals surface area contributed by atoms with Crippen LogP contribution in [0.25, 0.3) is 99.5 Å². The standard InChI is InChI=1S/C53H35N5O/c1-2-7-15-40(45-16-8-9-27-54-45)39(14-6-1)36-20-24-47-44(32-36)53-49(18-11-29-56-53)58(47)38-22-26-51-42(33-38)41-30-35(21-25-50(41)59-51)34-19-23-46-43(31-34)52-48(17-10-28-55-52)57(46)37-12-4-3-5-13-37/h1-6,8-14,16-33H,7,15H2/b2-1-,14-6-,40-39-. The number of nitrogens with zero attached hydrogens (tertiary/aromatic N) is 5. The average molecular weight is 758 g/mol. The van der Waals surface area contributed by atoms with Gasteiger partial charge in [0, 0.05) is 51.5 Å². The summed E-state index contributed by atoms with van der Waals surface area (Å²) in [5, 5.41) is 4.37. The Bertz CT molecular complexity index is 3550. The third kappa shape index (κ3) is 5.37. The van der Waals surface area contributed by atoms with Crippen molar-refractivity contribution >= 4 is 77.0 Å². The van der Waals surface area contributed by atoms with Crippen LogP contribution in [0, 0.1) is 0 Å². The fourth-order valence-corrected chi connectivity index (χ4v) is 9.10. The fraction of sp³-hybridized carbons (Fsp3) is 0.0377. The summed E-state index contributed by atoms with van der Waals surface area (Å²) in [6.45, 7) is 0. The maximum absolute atomic E-state index is 6.46. The maximum Gasteiger partial charge on any atom is 0.135 e. The van der Waals surface area contributed by atoms with Gasteiger partial charge in [0.25, 0.3) is 0 Å². The lowest BCUT2D eigenvalue weighted by Gasteiger charge is -2.14. The second-order valence-electron chi connectivity index (χ2n) is 15.1. The summed E-state index contributed by atoms with van der Waals surface area (Å²) in [5.41, 5.74) is 17.1. The molecule has 0 saturated carbocycles. The van der Waals surface area contributed by atoms with Crippen LogP contribution < -0.4 is 0 Å². The summed E-state index contributed by atoms with van der Waals surface area (Å²) >= 11 is 0. The molecule has 5 aromatic carbocycles. The van der Waals surface area contributed by atoms with E-state index in [0.29, 0.717) is 0 Å². The smallest absolute Gasteiger partial charge is 0.135 e. The normalized spacial score (nSPS) is 15.7. The molecule has 278 valence electrons. The van der Waals surface area contributed by atoms with Gasteiger partial charge in [-0.3, -0.25) is 15.0 Å². The van der Waals surface area contributed by atoms with Crippen LogP contribution in [0.15, 0.2) is 193 Å². The molecule has 0 radical (unpaired) electrons. The van der Waals surface area contributed by atoms with E-state index in [2.05, 4.69) is 161 Å². The molecule has 1 aliphatic rings. The van der Waals surface area contributed by atoms with Gasteiger partial charge in [0.15, 0.2) is 0 Å². The summed E-state index contributed by atoms with van der Waals surface area (Å²) in [5.74, 6) is 0. The maximum atomic E-state index is 6.46. The van der Waals surface area contributed by atoms with Gasteiger partial charge in [-0.15, -0.1) is 0 Å². The highest BCUT2D eigenvalue weighted by molar-refractivity contribution is 6.12. The Morgan fingerprint density at radius 1 is 0.458 bits per heavy atom. The number of fused-ring (bicyclic) bond motifs is 9. The third-order valence-electron chi connectivity index (χ3n) is 11.8. The molecule has 0 fully saturated rings. The first-order valence-electron chi connectivity index (χ1n) is 20.1. The SMILES string of the molecule is C1=C/CC\C(c2ccccn2)=C(c2ccc3c(c2)c2ncccc2n3-c2ccc3oc4ccc(-c5ccc6c(c5)c5ncccc5n6-c5ccccc5)cc4c3c2)/C=C\1. The fourth-order valence-electron chi connectivity index (χ4n) is 9.10. The second-order valence-corrected chi connectivity index (χ2v) is 15.1. The number of para-hydroxylation sites is 1. The number of pyridine rings is 3. The predicted octanol–water partition coefficient (Wildman–Crippen LogP) is 13.4. The number of allylic oxidation sites excluding steroid dienone is 6. The van der Waals surface area contributed by atoms with Crippen molar-refractivity contribution in [3.05, 3.63) is 200 Å². The molecule has 12 rings (SSSR count). The molecule has 6 aromatic heterocycles. The Morgan fingerprint density at radius 3 is 1.83 bits per heavy atom. The topological polar surface area (TPSA) is 61.7 Å². The van der Waals surface area contributed by atoms with Gasteiger partial charge in [-0.2, -0.15) is 0 Å². The van der Waals surface area contributed by atoms with E-state index in [9.17, 15) is 0 Å². The number of hydrogen-bond donors (Lipinski definition) is 0. The van der Waals surface area contributed by atoms with Crippen LogP contribution in [0.3, 0.4) is 0 Å². The number of rotatable bonds is 5. The van der Waals surface area contributed by atoms with Crippen molar-refractivity contribution in [2.45, 2.75) is 12.8 Å². The minimum Gasteiger partial charge on any atom is -0.456 e. The lowest BCUT2D eigenvalue weighted by atomic mass is 9.92. The molecule has 0 spiro atoms. The highest BCUT2D eigenvalue weighted by atomic mass is 16.3. The molecule has 6 heterocycles. The van der Waals surface area contributed by atoms with Crippen LogP contribution in [0.1, 0.15) is 24.1 Å². The van der Waals surface area contributed by atoms with Crippen molar-refractivity contribution in [3.63, 3.8) is 0 Å². The van der Waals surface area contributed by atoms with Gasteiger partial charge in [0.05, 0.1) is 38.8 Å². The molecule has 0 aliphatic heterocycles. The molecule has 59 heavy (non-hydrogen) atoms. The molecule has 0 N–H and O–H groups in total. The Kier molecular flexibility index (Phi) is 7.56. The zero-order valence-corrected chi connectivity index (χ0v) is 32.0. The molecular formula is C53H35N5O. The Hall–Kier alpha value is -7.83. The average Bonchev–Trinajstić information content (AvgIpc) is 3.93. The van der Waals surface area contributed by atoms with E-state index in [1.165, 1.54) is 11.1 Å². The molecule has 0 atom stereocenters. The highest BCUT2D eigenvalue weighted by Crippen LogP contribution is 2.40. The lowest BCUT2D eigenvalue weighted by molar-refractivity contribution is 0.669. The first kappa shape index (κ1) is 33.3. The molecule has 0 unspecified atom stereocenters. The zero-order chi connectivity index (χ0) is 38.9. The third-order valence-corrected chi connectivity index (χ3v) is 11.8. The summed E-state index contributed by atoms with van der Waals surface area (Å²) in [6.07, 6.45) is 16.2. The minimum atomic E-state index is 0.853. The van der Waals surface area contributed by atoms with Gasteiger partial charge in [0.2, 0.25) is 0 Å². The van der Waals surface area contributed by atoms with E-state index in [1.54, 1.807) is 0 Å². The molecule has 0 saturated heterocycles. The van der Waals surface area contributed by atoms with Crippen molar-refractivity contribution in [1.82, 2.24) is 24.1 Å².